The van der Waals surface area contributed by atoms with Gasteiger partial charge in [-0.2, -0.15) is 0 Å². The fourth-order valence-corrected chi connectivity index (χ4v) is 2.29. The minimum atomic E-state index is -1.38. The summed E-state index contributed by atoms with van der Waals surface area (Å²) in [6.45, 7) is 0. The van der Waals surface area contributed by atoms with Gasteiger partial charge in [0, 0.05) is 15.1 Å². The van der Waals surface area contributed by atoms with Gasteiger partial charge in [0.05, 0.1) is 12.0 Å². The second-order valence-corrected chi connectivity index (χ2v) is 4.55. The van der Waals surface area contributed by atoms with E-state index in [0.29, 0.717) is 4.47 Å². The Balaban J connectivity index is 3.13. The minimum absolute atomic E-state index is 0.0486. The molecule has 1 aromatic rings. The maximum atomic E-state index is 13.4. The van der Waals surface area contributed by atoms with Gasteiger partial charge in [0.15, 0.2) is 0 Å². The van der Waals surface area contributed by atoms with Crippen molar-refractivity contribution >= 4 is 39.1 Å². The molecule has 0 fully saturated rings. The minimum Gasteiger partial charge on any atom is -0.389 e. The van der Waals surface area contributed by atoms with E-state index in [4.69, 9.17) is 23.2 Å². The Kier molecular flexibility index (Phi) is 4.80. The van der Waals surface area contributed by atoms with E-state index >= 15 is 0 Å². The molecule has 0 heterocycles. The van der Waals surface area contributed by atoms with Crippen molar-refractivity contribution in [3.8, 4) is 0 Å². The smallest absolute Gasteiger partial charge is 0.131 e. The molecule has 0 aromatic heterocycles. The molecule has 2 unspecified atom stereocenters. The van der Waals surface area contributed by atoms with Crippen LogP contribution in [-0.4, -0.2) is 22.2 Å². The molecule has 0 aliphatic rings. The van der Waals surface area contributed by atoms with E-state index in [9.17, 15) is 14.6 Å². The Morgan fingerprint density at radius 3 is 2.47 bits per heavy atom. The van der Waals surface area contributed by atoms with Crippen LogP contribution in [0, 0.1) is 5.82 Å². The van der Waals surface area contributed by atoms with Gasteiger partial charge in [0.25, 0.3) is 0 Å². The van der Waals surface area contributed by atoms with Gasteiger partial charge < -0.3 is 10.2 Å². The van der Waals surface area contributed by atoms with Crippen molar-refractivity contribution in [3.05, 3.63) is 33.0 Å². The van der Waals surface area contributed by atoms with Crippen LogP contribution in [0.1, 0.15) is 11.7 Å². The molecule has 0 aliphatic heterocycles. The van der Waals surface area contributed by atoms with E-state index in [-0.39, 0.29) is 16.5 Å². The average molecular weight is 318 g/mol. The highest BCUT2D eigenvalue weighted by molar-refractivity contribution is 9.10. The summed E-state index contributed by atoms with van der Waals surface area (Å²) in [5.74, 6) is -0.874. The Hall–Kier alpha value is 0.130. The van der Waals surface area contributed by atoms with Crippen LogP contribution in [0.2, 0.25) is 5.02 Å². The first kappa shape index (κ1) is 13.2. The number of hydrogen-bond donors (Lipinski definition) is 2. The van der Waals surface area contributed by atoms with Crippen molar-refractivity contribution < 1.29 is 14.6 Å². The summed E-state index contributed by atoms with van der Waals surface area (Å²) in [5, 5.41) is 19.1. The number of aliphatic hydroxyl groups is 2. The van der Waals surface area contributed by atoms with Crippen molar-refractivity contribution in [2.75, 3.05) is 5.88 Å². The van der Waals surface area contributed by atoms with Crippen LogP contribution in [0.3, 0.4) is 0 Å². The quantitative estimate of drug-likeness (QED) is 0.842. The zero-order chi connectivity index (χ0) is 11.6. The largest absolute Gasteiger partial charge is 0.389 e. The first-order chi connectivity index (χ1) is 6.97. The molecular formula is C9H8BrCl2FO2. The molecule has 2 nitrogen and oxygen atoms in total. The van der Waals surface area contributed by atoms with Gasteiger partial charge in [-0.3, -0.25) is 0 Å². The van der Waals surface area contributed by atoms with Crippen molar-refractivity contribution in [1.29, 1.82) is 0 Å². The Morgan fingerprint density at radius 1 is 1.40 bits per heavy atom. The molecule has 15 heavy (non-hydrogen) atoms. The molecule has 2 N–H and O–H groups in total. The van der Waals surface area contributed by atoms with E-state index in [0.717, 1.165) is 6.07 Å². The highest BCUT2D eigenvalue weighted by Crippen LogP contribution is 2.31. The SMILES string of the molecule is OC(CCl)C(O)c1c(F)cc(Cl)cc1Br. The van der Waals surface area contributed by atoms with Crippen molar-refractivity contribution in [1.82, 2.24) is 0 Å². The summed E-state index contributed by atoms with van der Waals surface area (Å²) in [4.78, 5) is 0. The molecule has 1 rings (SSSR count). The third kappa shape index (κ3) is 3.04. The maximum absolute atomic E-state index is 13.4. The van der Waals surface area contributed by atoms with Gasteiger partial charge in [0.1, 0.15) is 11.9 Å². The second kappa shape index (κ2) is 5.46. The van der Waals surface area contributed by atoms with Crippen molar-refractivity contribution in [2.24, 2.45) is 0 Å². The van der Waals surface area contributed by atoms with E-state index in [1.807, 2.05) is 0 Å². The second-order valence-electron chi connectivity index (χ2n) is 2.95. The van der Waals surface area contributed by atoms with E-state index in [2.05, 4.69) is 15.9 Å². The maximum Gasteiger partial charge on any atom is 0.131 e. The highest BCUT2D eigenvalue weighted by Gasteiger charge is 2.23. The Bertz CT molecular complexity index is 339. The van der Waals surface area contributed by atoms with Gasteiger partial charge in [-0.1, -0.05) is 27.5 Å². The topological polar surface area (TPSA) is 40.5 Å². The molecule has 0 aliphatic carbocycles. The number of benzene rings is 1. The van der Waals surface area contributed by atoms with Crippen LogP contribution < -0.4 is 0 Å². The molecule has 0 amide bonds. The normalized spacial score (nSPS) is 15.1. The highest BCUT2D eigenvalue weighted by atomic mass is 79.9. The fourth-order valence-electron chi connectivity index (χ4n) is 1.11. The Morgan fingerprint density at radius 2 is 2.00 bits per heavy atom. The monoisotopic (exact) mass is 316 g/mol. The summed E-state index contributed by atoms with van der Waals surface area (Å²) in [7, 11) is 0. The third-order valence-electron chi connectivity index (χ3n) is 1.86. The standard InChI is InChI=1S/C9H8BrCl2FO2/c10-5-1-4(12)2-6(13)8(5)9(15)7(14)3-11/h1-2,7,9,14-15H,3H2. The molecule has 84 valence electrons. The Labute approximate surface area is 105 Å². The molecule has 1 aromatic carbocycles. The molecule has 0 saturated heterocycles. The molecular weight excluding hydrogens is 310 g/mol. The molecule has 0 spiro atoms. The van der Waals surface area contributed by atoms with Crippen LogP contribution in [-0.2, 0) is 0 Å². The first-order valence-corrected chi connectivity index (χ1v) is 5.74. The predicted octanol–water partition coefficient (Wildman–Crippen LogP) is 2.87. The van der Waals surface area contributed by atoms with Crippen LogP contribution in [0.25, 0.3) is 0 Å². The van der Waals surface area contributed by atoms with Gasteiger partial charge in [0.2, 0.25) is 0 Å². The number of halogens is 4. The predicted molar refractivity (Wildman–Crippen MR) is 60.8 cm³/mol. The summed E-state index contributed by atoms with van der Waals surface area (Å²) < 4.78 is 13.7. The molecule has 2 atom stereocenters. The lowest BCUT2D eigenvalue weighted by Gasteiger charge is -2.18. The van der Waals surface area contributed by atoms with Crippen LogP contribution in [0.5, 0.6) is 0 Å². The molecule has 0 saturated carbocycles. The zero-order valence-corrected chi connectivity index (χ0v) is 10.5. The summed E-state index contributed by atoms with van der Waals surface area (Å²) in [5.41, 5.74) is -0.0486. The number of alkyl halides is 1. The van der Waals surface area contributed by atoms with Crippen molar-refractivity contribution in [2.45, 2.75) is 12.2 Å². The summed E-state index contributed by atoms with van der Waals surface area (Å²) >= 11 is 14.0. The number of aliphatic hydroxyl groups excluding tert-OH is 2. The molecule has 6 heteroatoms. The third-order valence-corrected chi connectivity index (χ3v) is 3.05. The van der Waals surface area contributed by atoms with Gasteiger partial charge in [-0.25, -0.2) is 4.39 Å². The number of rotatable bonds is 3. The van der Waals surface area contributed by atoms with E-state index < -0.39 is 18.0 Å². The van der Waals surface area contributed by atoms with Crippen LogP contribution in [0.4, 0.5) is 4.39 Å². The first-order valence-electron chi connectivity index (χ1n) is 4.04. The molecule has 0 bridgehead atoms. The average Bonchev–Trinajstić information content (AvgIpc) is 2.14. The zero-order valence-electron chi connectivity index (χ0n) is 7.42. The van der Waals surface area contributed by atoms with E-state index in [1.54, 1.807) is 0 Å². The fraction of sp³-hybridized carbons (Fsp3) is 0.333. The summed E-state index contributed by atoms with van der Waals surface area (Å²) in [6.07, 6.45) is -2.60. The van der Waals surface area contributed by atoms with E-state index in [1.165, 1.54) is 6.07 Å². The molecule has 0 radical (unpaired) electrons. The summed E-state index contributed by atoms with van der Waals surface area (Å²) in [6, 6.07) is 2.50. The van der Waals surface area contributed by atoms with Gasteiger partial charge in [-0.05, 0) is 12.1 Å². The van der Waals surface area contributed by atoms with Crippen LogP contribution in [0.15, 0.2) is 16.6 Å². The lowest BCUT2D eigenvalue weighted by molar-refractivity contribution is 0.0300. The lowest BCUT2D eigenvalue weighted by atomic mass is 10.0. The van der Waals surface area contributed by atoms with Gasteiger partial charge in [-0.15, -0.1) is 11.6 Å². The van der Waals surface area contributed by atoms with Crippen molar-refractivity contribution in [3.63, 3.8) is 0 Å². The lowest BCUT2D eigenvalue weighted by Crippen LogP contribution is -2.21. The van der Waals surface area contributed by atoms with Gasteiger partial charge >= 0.3 is 0 Å². The van der Waals surface area contributed by atoms with Crippen LogP contribution >= 0.6 is 39.1 Å². The number of hydrogen-bond acceptors (Lipinski definition) is 2.